The van der Waals surface area contributed by atoms with E-state index < -0.39 is 0 Å². The Morgan fingerprint density at radius 2 is 1.90 bits per heavy atom. The molecule has 2 aromatic heterocycles. The Kier molecular flexibility index (Phi) is 6.80. The molecule has 0 radical (unpaired) electrons. The molecule has 0 aliphatic heterocycles. The van der Waals surface area contributed by atoms with Gasteiger partial charge >= 0.3 is 0 Å². The monoisotopic (exact) mass is 419 g/mol. The minimum Gasteiger partial charge on any atom is -0.467 e. The fourth-order valence-corrected chi connectivity index (χ4v) is 3.44. The molecule has 2 heterocycles. The molecule has 3 rings (SSSR count). The van der Waals surface area contributed by atoms with E-state index in [2.05, 4.69) is 9.88 Å². The normalized spacial score (nSPS) is 11.1. The fraction of sp³-hybridized carbons (Fsp3) is 0.280. The van der Waals surface area contributed by atoms with Gasteiger partial charge in [0, 0.05) is 30.2 Å². The second kappa shape index (κ2) is 9.51. The molecule has 6 nitrogen and oxygen atoms in total. The predicted octanol–water partition coefficient (Wildman–Crippen LogP) is 4.47. The van der Waals surface area contributed by atoms with E-state index in [1.54, 1.807) is 19.4 Å². The first kappa shape index (κ1) is 22.2. The van der Waals surface area contributed by atoms with Crippen molar-refractivity contribution < 1.29 is 14.0 Å². The van der Waals surface area contributed by atoms with Crippen LogP contribution in [0.2, 0.25) is 0 Å². The van der Waals surface area contributed by atoms with E-state index >= 15 is 0 Å². The molecule has 0 aliphatic rings. The van der Waals surface area contributed by atoms with E-state index in [9.17, 15) is 9.59 Å². The zero-order valence-corrected chi connectivity index (χ0v) is 18.7. The van der Waals surface area contributed by atoms with Crippen LogP contribution in [0.5, 0.6) is 0 Å². The number of carbonyl (C=O) groups excluding carboxylic acids is 2. The zero-order valence-electron chi connectivity index (χ0n) is 18.7. The summed E-state index contributed by atoms with van der Waals surface area (Å²) in [5.41, 5.74) is 5.92. The molecule has 162 valence electrons. The third kappa shape index (κ3) is 5.54. The molecule has 3 aromatic rings. The standard InChI is InChI=1S/C25H29N3O3/c1-17-8-9-18(2)23(13-17)26-24(29)16-27(5)25(30)11-10-21-14-19(3)28(20(21)4)15-22-7-6-12-31-22/h6-14H,15-16H2,1-5H3,(H,26,29)/b11-10+. The lowest BCUT2D eigenvalue weighted by Gasteiger charge is -2.16. The van der Waals surface area contributed by atoms with Crippen molar-refractivity contribution in [1.82, 2.24) is 9.47 Å². The third-order valence-electron chi connectivity index (χ3n) is 5.34. The second-order valence-electron chi connectivity index (χ2n) is 7.89. The van der Waals surface area contributed by atoms with Gasteiger partial charge in [0.05, 0.1) is 19.4 Å². The Morgan fingerprint density at radius 1 is 1.13 bits per heavy atom. The summed E-state index contributed by atoms with van der Waals surface area (Å²) in [5, 5.41) is 2.88. The van der Waals surface area contributed by atoms with Gasteiger partial charge in [-0.1, -0.05) is 12.1 Å². The molecule has 0 unspecified atom stereocenters. The molecule has 31 heavy (non-hydrogen) atoms. The highest BCUT2D eigenvalue weighted by Crippen LogP contribution is 2.19. The maximum absolute atomic E-state index is 12.5. The van der Waals surface area contributed by atoms with E-state index in [0.717, 1.165) is 39.5 Å². The molecule has 6 heteroatoms. The van der Waals surface area contributed by atoms with Crippen LogP contribution in [0.3, 0.4) is 0 Å². The number of furan rings is 1. The van der Waals surface area contributed by atoms with E-state index in [-0.39, 0.29) is 18.4 Å². The van der Waals surface area contributed by atoms with Gasteiger partial charge in [0.15, 0.2) is 0 Å². The van der Waals surface area contributed by atoms with Crippen molar-refractivity contribution >= 4 is 23.6 Å². The molecule has 1 N–H and O–H groups in total. The molecule has 0 aliphatic carbocycles. The highest BCUT2D eigenvalue weighted by molar-refractivity contribution is 5.98. The Bertz CT molecular complexity index is 1110. The number of likely N-dealkylation sites (N-methyl/N-ethyl adjacent to an activating group) is 1. The number of nitrogens with one attached hydrogen (secondary N) is 1. The Labute approximate surface area is 183 Å². The quantitative estimate of drug-likeness (QED) is 0.575. The van der Waals surface area contributed by atoms with Crippen LogP contribution < -0.4 is 5.32 Å². The lowest BCUT2D eigenvalue weighted by molar-refractivity contribution is -0.129. The number of amides is 2. The molecular formula is C25H29N3O3. The van der Waals surface area contributed by atoms with Crippen molar-refractivity contribution in [2.75, 3.05) is 18.9 Å². The second-order valence-corrected chi connectivity index (χ2v) is 7.89. The molecule has 2 amide bonds. The lowest BCUT2D eigenvalue weighted by Crippen LogP contribution is -2.34. The third-order valence-corrected chi connectivity index (χ3v) is 5.34. The van der Waals surface area contributed by atoms with Crippen LogP contribution in [0.25, 0.3) is 6.08 Å². The van der Waals surface area contributed by atoms with Gasteiger partial charge in [0.2, 0.25) is 11.8 Å². The van der Waals surface area contributed by atoms with Gasteiger partial charge in [0.25, 0.3) is 0 Å². The van der Waals surface area contributed by atoms with Gasteiger partial charge in [-0.25, -0.2) is 0 Å². The molecule has 1 aromatic carbocycles. The number of nitrogens with zero attached hydrogens (tertiary/aromatic N) is 2. The van der Waals surface area contributed by atoms with E-state index in [4.69, 9.17) is 4.42 Å². The first-order chi connectivity index (χ1) is 14.7. The largest absolute Gasteiger partial charge is 0.467 e. The summed E-state index contributed by atoms with van der Waals surface area (Å²) < 4.78 is 7.59. The maximum atomic E-state index is 12.5. The number of aryl methyl sites for hydroxylation is 3. The average molecular weight is 420 g/mol. The minimum atomic E-state index is -0.230. The van der Waals surface area contributed by atoms with Crippen molar-refractivity contribution in [3.05, 3.63) is 82.6 Å². The van der Waals surface area contributed by atoms with Crippen molar-refractivity contribution in [1.29, 1.82) is 0 Å². The number of hydrogen-bond acceptors (Lipinski definition) is 3. The molecule has 0 saturated carbocycles. The molecule has 0 spiro atoms. The summed E-state index contributed by atoms with van der Waals surface area (Å²) >= 11 is 0. The topological polar surface area (TPSA) is 67.5 Å². The Morgan fingerprint density at radius 3 is 2.61 bits per heavy atom. The van der Waals surface area contributed by atoms with Crippen molar-refractivity contribution in [3.63, 3.8) is 0 Å². The van der Waals surface area contributed by atoms with Crippen LogP contribution in [0.15, 0.2) is 53.2 Å². The Balaban J connectivity index is 1.61. The fourth-order valence-electron chi connectivity index (χ4n) is 3.44. The summed E-state index contributed by atoms with van der Waals surface area (Å²) in [5.74, 6) is 0.421. The van der Waals surface area contributed by atoms with Gasteiger partial charge in [-0.2, -0.15) is 0 Å². The van der Waals surface area contributed by atoms with Crippen molar-refractivity contribution in [2.45, 2.75) is 34.2 Å². The van der Waals surface area contributed by atoms with Crippen LogP contribution in [0, 0.1) is 27.7 Å². The number of benzene rings is 1. The maximum Gasteiger partial charge on any atom is 0.246 e. The highest BCUT2D eigenvalue weighted by atomic mass is 16.3. The van der Waals surface area contributed by atoms with Gasteiger partial charge in [-0.05, 0) is 74.7 Å². The van der Waals surface area contributed by atoms with Crippen LogP contribution in [0.1, 0.15) is 33.8 Å². The van der Waals surface area contributed by atoms with Crippen LogP contribution in [0.4, 0.5) is 5.69 Å². The number of hydrogen-bond donors (Lipinski definition) is 1. The molecule has 0 fully saturated rings. The SMILES string of the molecule is Cc1ccc(C)c(NC(=O)CN(C)C(=O)/C=C/c2cc(C)n(Cc3ccco3)c2C)c1. The zero-order chi connectivity index (χ0) is 22.5. The first-order valence-electron chi connectivity index (χ1n) is 10.2. The predicted molar refractivity (Wildman–Crippen MR) is 123 cm³/mol. The van der Waals surface area contributed by atoms with Crippen LogP contribution in [-0.2, 0) is 16.1 Å². The first-order valence-corrected chi connectivity index (χ1v) is 10.2. The van der Waals surface area contributed by atoms with E-state index in [1.807, 2.05) is 64.1 Å². The smallest absolute Gasteiger partial charge is 0.246 e. The molecule has 0 atom stereocenters. The molecule has 0 bridgehead atoms. The van der Waals surface area contributed by atoms with Crippen LogP contribution in [-0.4, -0.2) is 34.9 Å². The number of rotatable bonds is 7. The summed E-state index contributed by atoms with van der Waals surface area (Å²) in [6.07, 6.45) is 4.96. The summed E-state index contributed by atoms with van der Waals surface area (Å²) in [6, 6.07) is 11.7. The minimum absolute atomic E-state index is 0.0198. The lowest BCUT2D eigenvalue weighted by atomic mass is 10.1. The van der Waals surface area contributed by atoms with E-state index in [0.29, 0.717) is 6.54 Å². The molecule has 0 saturated heterocycles. The van der Waals surface area contributed by atoms with E-state index in [1.165, 1.54) is 11.0 Å². The number of carbonyl (C=O) groups is 2. The average Bonchev–Trinajstić information content (AvgIpc) is 3.32. The summed E-state index contributed by atoms with van der Waals surface area (Å²) in [6.45, 7) is 8.58. The van der Waals surface area contributed by atoms with Gasteiger partial charge in [-0.15, -0.1) is 0 Å². The molecular weight excluding hydrogens is 390 g/mol. The van der Waals surface area contributed by atoms with Crippen LogP contribution >= 0.6 is 0 Å². The summed E-state index contributed by atoms with van der Waals surface area (Å²) in [7, 11) is 1.62. The van der Waals surface area contributed by atoms with Crippen molar-refractivity contribution in [3.8, 4) is 0 Å². The summed E-state index contributed by atoms with van der Waals surface area (Å²) in [4.78, 5) is 26.3. The highest BCUT2D eigenvalue weighted by Gasteiger charge is 2.13. The van der Waals surface area contributed by atoms with Crippen molar-refractivity contribution in [2.24, 2.45) is 0 Å². The Hall–Kier alpha value is -3.54. The van der Waals surface area contributed by atoms with Gasteiger partial charge in [0.1, 0.15) is 5.76 Å². The number of anilines is 1. The van der Waals surface area contributed by atoms with Gasteiger partial charge < -0.3 is 19.2 Å². The number of aromatic nitrogens is 1. The van der Waals surface area contributed by atoms with Gasteiger partial charge in [-0.3, -0.25) is 9.59 Å².